The van der Waals surface area contributed by atoms with Gasteiger partial charge in [0.05, 0.1) is 18.7 Å². The lowest BCUT2D eigenvalue weighted by atomic mass is 10.1. The Morgan fingerprint density at radius 3 is 2.51 bits per heavy atom. The molecule has 2 aromatic rings. The summed E-state index contributed by atoms with van der Waals surface area (Å²) in [5.74, 6) is 0.355. The SMILES string of the molecule is CCOc1ccc(NC(=O)CC2C(=O)N(c3cccc(SC)c3)C(=S)N2CCN2CCN(C)CC2)cc1. The molecule has 0 radical (unpaired) electrons. The standard InChI is InChI=1S/C27H35N5O3S2/c1-4-35-22-10-8-20(9-11-22)28-25(33)19-24-26(34)32(21-6-5-7-23(18-21)37-3)27(36)31(24)17-16-30-14-12-29(2)13-15-30/h5-11,18,24H,4,12-17,19H2,1-3H3,(H,28,33). The number of carbonyl (C=O) groups excluding carboxylic acids is 2. The van der Waals surface area contributed by atoms with Crippen LogP contribution in [0.5, 0.6) is 5.75 Å². The van der Waals surface area contributed by atoms with E-state index in [0.29, 0.717) is 24.0 Å². The molecule has 0 aliphatic carbocycles. The zero-order valence-corrected chi connectivity index (χ0v) is 23.3. The zero-order chi connectivity index (χ0) is 26.4. The van der Waals surface area contributed by atoms with Crippen LogP contribution in [0.3, 0.4) is 0 Å². The molecule has 2 fully saturated rings. The Balaban J connectivity index is 1.49. The van der Waals surface area contributed by atoms with Crippen LogP contribution in [-0.2, 0) is 9.59 Å². The van der Waals surface area contributed by atoms with E-state index in [1.54, 1.807) is 28.8 Å². The molecule has 2 amide bonds. The number of amides is 2. The first-order chi connectivity index (χ1) is 17.9. The first kappa shape index (κ1) is 27.4. The number of ether oxygens (including phenoxy) is 1. The Labute approximate surface area is 228 Å². The number of hydrogen-bond acceptors (Lipinski definition) is 7. The van der Waals surface area contributed by atoms with Gasteiger partial charge in [-0.1, -0.05) is 6.07 Å². The summed E-state index contributed by atoms with van der Waals surface area (Å²) >= 11 is 7.45. The summed E-state index contributed by atoms with van der Waals surface area (Å²) in [7, 11) is 2.13. The van der Waals surface area contributed by atoms with E-state index in [1.165, 1.54) is 0 Å². The fourth-order valence-electron chi connectivity index (χ4n) is 4.58. The van der Waals surface area contributed by atoms with Gasteiger partial charge in [-0.15, -0.1) is 11.8 Å². The van der Waals surface area contributed by atoms with E-state index in [1.807, 2.05) is 54.5 Å². The molecule has 198 valence electrons. The summed E-state index contributed by atoms with van der Waals surface area (Å²) in [6, 6.07) is 14.4. The minimum Gasteiger partial charge on any atom is -0.494 e. The van der Waals surface area contributed by atoms with Crippen molar-refractivity contribution in [3.8, 4) is 5.75 Å². The molecule has 10 heteroatoms. The second kappa shape index (κ2) is 12.7. The van der Waals surface area contributed by atoms with Gasteiger partial charge in [0.25, 0.3) is 5.91 Å². The van der Waals surface area contributed by atoms with Gasteiger partial charge in [0, 0.05) is 49.9 Å². The van der Waals surface area contributed by atoms with Gasteiger partial charge in [0.15, 0.2) is 5.11 Å². The topological polar surface area (TPSA) is 68.4 Å². The lowest BCUT2D eigenvalue weighted by Crippen LogP contribution is -2.48. The first-order valence-electron chi connectivity index (χ1n) is 12.6. The molecule has 1 N–H and O–H groups in total. The van der Waals surface area contributed by atoms with Gasteiger partial charge < -0.3 is 19.9 Å². The maximum Gasteiger partial charge on any atom is 0.256 e. The van der Waals surface area contributed by atoms with Crippen molar-refractivity contribution in [3.63, 3.8) is 0 Å². The molecule has 0 saturated carbocycles. The molecule has 2 aromatic carbocycles. The summed E-state index contributed by atoms with van der Waals surface area (Å²) in [6.07, 6.45) is 2.02. The van der Waals surface area contributed by atoms with Crippen molar-refractivity contribution in [2.45, 2.75) is 24.3 Å². The first-order valence-corrected chi connectivity index (χ1v) is 14.2. The largest absolute Gasteiger partial charge is 0.494 e. The Morgan fingerprint density at radius 1 is 1.11 bits per heavy atom. The predicted molar refractivity (Wildman–Crippen MR) is 154 cm³/mol. The second-order valence-electron chi connectivity index (χ2n) is 9.22. The van der Waals surface area contributed by atoms with Crippen LogP contribution in [0.2, 0.25) is 0 Å². The Bertz CT molecular complexity index is 1110. The van der Waals surface area contributed by atoms with Crippen molar-refractivity contribution in [1.29, 1.82) is 0 Å². The highest BCUT2D eigenvalue weighted by Gasteiger charge is 2.44. The Hall–Kier alpha value is -2.66. The normalized spacial score (nSPS) is 18.9. The minimum atomic E-state index is -0.652. The number of nitrogens with zero attached hydrogens (tertiary/aromatic N) is 4. The number of rotatable bonds is 10. The van der Waals surface area contributed by atoms with Crippen LogP contribution in [0, 0.1) is 0 Å². The number of thiocarbonyl (C=S) groups is 1. The van der Waals surface area contributed by atoms with Gasteiger partial charge in [0.1, 0.15) is 11.8 Å². The number of carbonyl (C=O) groups is 2. The number of anilines is 2. The summed E-state index contributed by atoms with van der Waals surface area (Å²) in [5, 5.41) is 3.38. The van der Waals surface area contributed by atoms with Crippen molar-refractivity contribution in [1.82, 2.24) is 14.7 Å². The Kier molecular flexibility index (Phi) is 9.42. The third-order valence-corrected chi connectivity index (χ3v) is 7.85. The molecular weight excluding hydrogens is 506 g/mol. The van der Waals surface area contributed by atoms with E-state index in [0.717, 1.165) is 49.1 Å². The van der Waals surface area contributed by atoms with Gasteiger partial charge in [-0.2, -0.15) is 0 Å². The lowest BCUT2D eigenvalue weighted by molar-refractivity contribution is -0.124. The molecule has 2 aliphatic heterocycles. The van der Waals surface area contributed by atoms with E-state index < -0.39 is 6.04 Å². The molecule has 0 bridgehead atoms. The highest BCUT2D eigenvalue weighted by Crippen LogP contribution is 2.30. The van der Waals surface area contributed by atoms with Crippen LogP contribution in [-0.4, -0.2) is 96.8 Å². The van der Waals surface area contributed by atoms with Crippen molar-refractivity contribution in [3.05, 3.63) is 48.5 Å². The highest BCUT2D eigenvalue weighted by atomic mass is 32.2. The quantitative estimate of drug-likeness (QED) is 0.363. The van der Waals surface area contributed by atoms with E-state index in [4.69, 9.17) is 17.0 Å². The molecule has 1 atom stereocenters. The molecule has 2 heterocycles. The van der Waals surface area contributed by atoms with E-state index >= 15 is 0 Å². The third kappa shape index (κ3) is 6.81. The minimum absolute atomic E-state index is 0.0215. The third-order valence-electron chi connectivity index (χ3n) is 6.71. The molecule has 2 aliphatic rings. The predicted octanol–water partition coefficient (Wildman–Crippen LogP) is 3.39. The molecule has 37 heavy (non-hydrogen) atoms. The van der Waals surface area contributed by atoms with Crippen molar-refractivity contribution in [2.75, 3.05) is 69.4 Å². The second-order valence-corrected chi connectivity index (χ2v) is 10.5. The van der Waals surface area contributed by atoms with E-state index in [-0.39, 0.29) is 18.2 Å². The van der Waals surface area contributed by atoms with E-state index in [9.17, 15) is 9.59 Å². The van der Waals surface area contributed by atoms with Crippen molar-refractivity contribution >= 4 is 52.3 Å². The number of piperazine rings is 1. The smallest absolute Gasteiger partial charge is 0.256 e. The van der Waals surface area contributed by atoms with Crippen LogP contribution >= 0.6 is 24.0 Å². The maximum atomic E-state index is 13.7. The number of hydrogen-bond donors (Lipinski definition) is 1. The summed E-state index contributed by atoms with van der Waals surface area (Å²) in [5.41, 5.74) is 1.40. The fraction of sp³-hybridized carbons (Fsp3) is 0.444. The van der Waals surface area contributed by atoms with Gasteiger partial charge >= 0.3 is 0 Å². The number of thioether (sulfide) groups is 1. The Morgan fingerprint density at radius 2 is 1.84 bits per heavy atom. The van der Waals surface area contributed by atoms with Crippen LogP contribution < -0.4 is 15.0 Å². The molecule has 0 aromatic heterocycles. The highest BCUT2D eigenvalue weighted by molar-refractivity contribution is 7.98. The molecule has 4 rings (SSSR count). The summed E-state index contributed by atoms with van der Waals surface area (Å²) in [6.45, 7) is 7.88. The number of benzene rings is 2. The maximum absolute atomic E-state index is 13.7. The average Bonchev–Trinajstić information content (AvgIpc) is 3.13. The molecule has 0 spiro atoms. The van der Waals surface area contributed by atoms with Gasteiger partial charge in [-0.3, -0.25) is 19.4 Å². The van der Waals surface area contributed by atoms with Gasteiger partial charge in [0.2, 0.25) is 5.91 Å². The van der Waals surface area contributed by atoms with E-state index in [2.05, 4.69) is 22.2 Å². The zero-order valence-electron chi connectivity index (χ0n) is 21.7. The number of nitrogens with one attached hydrogen (secondary N) is 1. The monoisotopic (exact) mass is 541 g/mol. The van der Waals surface area contributed by atoms with Crippen LogP contribution in [0.1, 0.15) is 13.3 Å². The summed E-state index contributed by atoms with van der Waals surface area (Å²) in [4.78, 5) is 36.0. The van der Waals surface area contributed by atoms with Gasteiger partial charge in [-0.05, 0) is 74.9 Å². The number of likely N-dealkylation sites (N-methyl/N-ethyl adjacent to an activating group) is 1. The molecular formula is C27H35N5O3S2. The fourth-order valence-corrected chi connectivity index (χ4v) is 5.45. The lowest BCUT2D eigenvalue weighted by Gasteiger charge is -2.34. The van der Waals surface area contributed by atoms with Crippen LogP contribution in [0.25, 0.3) is 0 Å². The molecule has 2 saturated heterocycles. The summed E-state index contributed by atoms with van der Waals surface area (Å²) < 4.78 is 5.47. The van der Waals surface area contributed by atoms with Crippen LogP contribution in [0.15, 0.2) is 53.4 Å². The van der Waals surface area contributed by atoms with Crippen molar-refractivity contribution < 1.29 is 14.3 Å². The van der Waals surface area contributed by atoms with Crippen LogP contribution in [0.4, 0.5) is 11.4 Å². The van der Waals surface area contributed by atoms with Gasteiger partial charge in [-0.25, -0.2) is 0 Å². The molecule has 1 unspecified atom stereocenters. The van der Waals surface area contributed by atoms with Crippen molar-refractivity contribution in [2.24, 2.45) is 0 Å². The average molecular weight is 542 g/mol. The molecule has 8 nitrogen and oxygen atoms in total.